The molecule has 9 nitrogen and oxygen atoms in total. The van der Waals surface area contributed by atoms with Crippen LogP contribution in [0.15, 0.2) is 48.5 Å². The predicted octanol–water partition coefficient (Wildman–Crippen LogP) is 2.63. The zero-order chi connectivity index (χ0) is 24.8. The van der Waals surface area contributed by atoms with Crippen LogP contribution in [0.5, 0.6) is 0 Å². The van der Waals surface area contributed by atoms with Crippen molar-refractivity contribution in [3.8, 4) is 11.1 Å². The molecule has 0 radical (unpaired) electrons. The molecule has 0 saturated carbocycles. The molecule has 186 valence electrons. The largest absolute Gasteiger partial charge is 0.481 e. The summed E-state index contributed by atoms with van der Waals surface area (Å²) in [5.41, 5.74) is 4.40. The summed E-state index contributed by atoms with van der Waals surface area (Å²) in [7, 11) is 1.59. The zero-order valence-corrected chi connectivity index (χ0v) is 19.6. The number of methoxy groups -OCH3 is 1. The van der Waals surface area contributed by atoms with Gasteiger partial charge in [-0.2, -0.15) is 0 Å². The van der Waals surface area contributed by atoms with Gasteiger partial charge in [0.2, 0.25) is 5.91 Å². The van der Waals surface area contributed by atoms with Gasteiger partial charge in [0.05, 0.1) is 19.3 Å². The van der Waals surface area contributed by atoms with Crippen LogP contribution < -0.4 is 5.32 Å². The second-order valence-corrected chi connectivity index (χ2v) is 8.68. The molecule has 0 spiro atoms. The lowest BCUT2D eigenvalue weighted by Crippen LogP contribution is -2.60. The molecule has 0 aromatic heterocycles. The smallest absolute Gasteiger partial charge is 0.407 e. The normalized spacial score (nSPS) is 15.6. The van der Waals surface area contributed by atoms with Crippen molar-refractivity contribution in [3.05, 3.63) is 59.7 Å². The minimum absolute atomic E-state index is 0.0237. The Kier molecular flexibility index (Phi) is 7.99. The van der Waals surface area contributed by atoms with Crippen molar-refractivity contribution >= 4 is 18.0 Å². The Balaban J connectivity index is 1.35. The third-order valence-electron chi connectivity index (χ3n) is 6.38. The SMILES string of the molecule is COCCOC1CN(C(=O)C(CCC(=O)O)NC(=O)OCC2c3ccccc3-c3ccccc32)C1. The quantitative estimate of drug-likeness (QED) is 0.473. The van der Waals surface area contributed by atoms with Crippen molar-refractivity contribution in [2.24, 2.45) is 0 Å². The van der Waals surface area contributed by atoms with Crippen LogP contribution in [0.4, 0.5) is 4.79 Å². The van der Waals surface area contributed by atoms with E-state index in [2.05, 4.69) is 5.32 Å². The number of alkyl carbamates (subject to hydrolysis) is 1. The van der Waals surface area contributed by atoms with E-state index in [4.69, 9.17) is 19.3 Å². The van der Waals surface area contributed by atoms with Crippen molar-refractivity contribution in [2.75, 3.05) is 40.0 Å². The summed E-state index contributed by atoms with van der Waals surface area (Å²) in [6.45, 7) is 1.79. The highest BCUT2D eigenvalue weighted by Gasteiger charge is 2.36. The van der Waals surface area contributed by atoms with Crippen molar-refractivity contribution in [1.29, 1.82) is 0 Å². The molecular formula is C26H30N2O7. The number of carbonyl (C=O) groups is 3. The van der Waals surface area contributed by atoms with Gasteiger partial charge in [0.25, 0.3) is 0 Å². The number of nitrogens with one attached hydrogen (secondary N) is 1. The minimum atomic E-state index is -1.04. The van der Waals surface area contributed by atoms with Gasteiger partial charge in [-0.15, -0.1) is 0 Å². The number of hydrogen-bond donors (Lipinski definition) is 2. The lowest BCUT2D eigenvalue weighted by Gasteiger charge is -2.40. The molecule has 2 aliphatic rings. The highest BCUT2D eigenvalue weighted by Crippen LogP contribution is 2.44. The van der Waals surface area contributed by atoms with Crippen molar-refractivity contribution in [3.63, 3.8) is 0 Å². The van der Waals surface area contributed by atoms with Crippen molar-refractivity contribution in [2.45, 2.75) is 30.9 Å². The van der Waals surface area contributed by atoms with Gasteiger partial charge in [-0.3, -0.25) is 9.59 Å². The maximum Gasteiger partial charge on any atom is 0.407 e. The monoisotopic (exact) mass is 482 g/mol. The maximum absolute atomic E-state index is 12.9. The van der Waals surface area contributed by atoms with E-state index in [9.17, 15) is 14.4 Å². The number of likely N-dealkylation sites (tertiary alicyclic amines) is 1. The van der Waals surface area contributed by atoms with Gasteiger partial charge in [0, 0.05) is 32.5 Å². The van der Waals surface area contributed by atoms with E-state index >= 15 is 0 Å². The van der Waals surface area contributed by atoms with Gasteiger partial charge in [-0.1, -0.05) is 48.5 Å². The first kappa shape index (κ1) is 24.7. The van der Waals surface area contributed by atoms with Crippen LogP contribution >= 0.6 is 0 Å². The van der Waals surface area contributed by atoms with E-state index in [0.29, 0.717) is 26.3 Å². The minimum Gasteiger partial charge on any atom is -0.481 e. The highest BCUT2D eigenvalue weighted by molar-refractivity contribution is 5.87. The van der Waals surface area contributed by atoms with Crippen LogP contribution in [-0.2, 0) is 23.8 Å². The molecular weight excluding hydrogens is 452 g/mol. The number of rotatable bonds is 11. The Hall–Kier alpha value is -3.43. The summed E-state index contributed by atoms with van der Waals surface area (Å²) in [4.78, 5) is 38.2. The standard InChI is InChI=1S/C26H30N2O7/c1-33-12-13-34-17-14-28(15-17)25(31)23(10-11-24(29)30)27-26(32)35-16-22-20-8-4-2-6-18(20)19-7-3-5-9-21(19)22/h2-9,17,22-23H,10-16H2,1H3,(H,27,32)(H,29,30). The Morgan fingerprint density at radius 2 is 1.66 bits per heavy atom. The number of carbonyl (C=O) groups excluding carboxylic acids is 2. The first-order chi connectivity index (χ1) is 17.0. The first-order valence-electron chi connectivity index (χ1n) is 11.7. The average molecular weight is 483 g/mol. The second-order valence-electron chi connectivity index (χ2n) is 8.68. The van der Waals surface area contributed by atoms with Crippen molar-refractivity contribution < 1.29 is 33.7 Å². The average Bonchev–Trinajstić information content (AvgIpc) is 3.15. The van der Waals surface area contributed by atoms with E-state index in [-0.39, 0.29) is 37.4 Å². The van der Waals surface area contributed by atoms with Gasteiger partial charge in [0.1, 0.15) is 12.6 Å². The van der Waals surface area contributed by atoms with Gasteiger partial charge in [0.15, 0.2) is 0 Å². The second kappa shape index (κ2) is 11.3. The number of fused-ring (bicyclic) bond motifs is 3. The Labute approximate surface area is 204 Å². The summed E-state index contributed by atoms with van der Waals surface area (Å²) in [5.74, 6) is -1.49. The van der Waals surface area contributed by atoms with Crippen LogP contribution in [0.3, 0.4) is 0 Å². The molecule has 1 aliphatic carbocycles. The van der Waals surface area contributed by atoms with Crippen molar-refractivity contribution in [1.82, 2.24) is 10.2 Å². The molecule has 2 aromatic rings. The van der Waals surface area contributed by atoms with E-state index in [1.54, 1.807) is 12.0 Å². The molecule has 4 rings (SSSR count). The number of amides is 2. The number of benzene rings is 2. The summed E-state index contributed by atoms with van der Waals surface area (Å²) < 4.78 is 16.1. The summed E-state index contributed by atoms with van der Waals surface area (Å²) in [6, 6.07) is 15.0. The number of ether oxygens (including phenoxy) is 3. The number of carboxylic acid groups (broad SMARTS) is 1. The number of aliphatic carboxylic acids is 1. The predicted molar refractivity (Wildman–Crippen MR) is 127 cm³/mol. The molecule has 2 aromatic carbocycles. The fourth-order valence-corrected chi connectivity index (χ4v) is 4.55. The molecule has 2 amide bonds. The molecule has 1 heterocycles. The van der Waals surface area contributed by atoms with E-state index in [0.717, 1.165) is 22.3 Å². The van der Waals surface area contributed by atoms with Crippen LogP contribution in [0.25, 0.3) is 11.1 Å². The summed E-state index contributed by atoms with van der Waals surface area (Å²) in [5, 5.41) is 11.7. The molecule has 1 aliphatic heterocycles. The maximum atomic E-state index is 12.9. The summed E-state index contributed by atoms with van der Waals surface area (Å²) in [6.07, 6.45) is -1.11. The van der Waals surface area contributed by atoms with Crippen LogP contribution in [0.1, 0.15) is 29.9 Å². The molecule has 0 bridgehead atoms. The Morgan fingerprint density at radius 3 is 2.26 bits per heavy atom. The molecule has 35 heavy (non-hydrogen) atoms. The topological polar surface area (TPSA) is 114 Å². The summed E-state index contributed by atoms with van der Waals surface area (Å²) >= 11 is 0. The highest BCUT2D eigenvalue weighted by atomic mass is 16.5. The lowest BCUT2D eigenvalue weighted by atomic mass is 9.98. The molecule has 1 fully saturated rings. The molecule has 1 saturated heterocycles. The van der Waals surface area contributed by atoms with Crippen LogP contribution in [0, 0.1) is 0 Å². The fraction of sp³-hybridized carbons (Fsp3) is 0.423. The van der Waals surface area contributed by atoms with Crippen LogP contribution in [-0.4, -0.2) is 80.1 Å². The molecule has 9 heteroatoms. The Bertz CT molecular complexity index is 1020. The third-order valence-corrected chi connectivity index (χ3v) is 6.38. The van der Waals surface area contributed by atoms with E-state index in [1.807, 2.05) is 48.5 Å². The van der Waals surface area contributed by atoms with Gasteiger partial charge >= 0.3 is 12.1 Å². The third kappa shape index (κ3) is 5.80. The molecule has 2 N–H and O–H groups in total. The van der Waals surface area contributed by atoms with Gasteiger partial charge < -0.3 is 29.5 Å². The van der Waals surface area contributed by atoms with E-state index < -0.39 is 18.1 Å². The number of hydrogen-bond acceptors (Lipinski definition) is 6. The number of nitrogens with zero attached hydrogens (tertiary/aromatic N) is 1. The van der Waals surface area contributed by atoms with Gasteiger partial charge in [-0.25, -0.2) is 4.79 Å². The Morgan fingerprint density at radius 1 is 1.03 bits per heavy atom. The first-order valence-corrected chi connectivity index (χ1v) is 11.7. The number of carboxylic acids is 1. The fourth-order valence-electron chi connectivity index (χ4n) is 4.55. The zero-order valence-electron chi connectivity index (χ0n) is 19.6. The molecule has 1 atom stereocenters. The van der Waals surface area contributed by atoms with Crippen LogP contribution in [0.2, 0.25) is 0 Å². The lowest BCUT2D eigenvalue weighted by molar-refractivity contribution is -0.148. The van der Waals surface area contributed by atoms with E-state index in [1.165, 1.54) is 0 Å². The van der Waals surface area contributed by atoms with Gasteiger partial charge in [-0.05, 0) is 28.7 Å². The molecule has 1 unspecified atom stereocenters.